The van der Waals surface area contributed by atoms with Crippen molar-refractivity contribution in [3.8, 4) is 0 Å². The van der Waals surface area contributed by atoms with Gasteiger partial charge in [0.05, 0.1) is 6.26 Å². The van der Waals surface area contributed by atoms with Gasteiger partial charge in [0.2, 0.25) is 0 Å². The van der Waals surface area contributed by atoms with E-state index in [1.54, 1.807) is 12.1 Å². The molecule has 2 aliphatic rings. The Kier molecular flexibility index (Phi) is 3.52. The average molecular weight is 312 g/mol. The second-order valence-electron chi connectivity index (χ2n) is 6.13. The summed E-state index contributed by atoms with van der Waals surface area (Å²) in [5.74, 6) is 2.31. The van der Waals surface area contributed by atoms with Crippen LogP contribution in [0.5, 0.6) is 0 Å². The predicted octanol–water partition coefficient (Wildman–Crippen LogP) is 1.83. The molecule has 120 valence electrons. The van der Waals surface area contributed by atoms with Gasteiger partial charge < -0.3 is 14.2 Å². The van der Waals surface area contributed by atoms with Crippen LogP contribution in [0, 0.1) is 6.92 Å². The minimum atomic E-state index is -0.0289. The molecule has 0 aromatic carbocycles. The molecule has 4 rings (SSSR count). The van der Waals surface area contributed by atoms with Crippen LogP contribution in [0.3, 0.4) is 0 Å². The summed E-state index contributed by atoms with van der Waals surface area (Å²) in [6.07, 6.45) is 4.83. The van der Waals surface area contributed by atoms with Crippen LogP contribution in [-0.4, -0.2) is 47.0 Å². The lowest BCUT2D eigenvalue weighted by Crippen LogP contribution is -2.49. The Labute approximate surface area is 135 Å². The first-order chi connectivity index (χ1) is 11.2. The SMILES string of the molecule is Cc1nc2c(c(N3CCN(C(=O)c4ccco4)CC3)n1)CCC2. The van der Waals surface area contributed by atoms with E-state index in [-0.39, 0.29) is 5.91 Å². The van der Waals surface area contributed by atoms with Crippen molar-refractivity contribution in [2.75, 3.05) is 31.1 Å². The number of hydrogen-bond acceptors (Lipinski definition) is 5. The number of carbonyl (C=O) groups is 1. The Morgan fingerprint density at radius 1 is 1.17 bits per heavy atom. The second-order valence-corrected chi connectivity index (χ2v) is 6.13. The van der Waals surface area contributed by atoms with E-state index in [1.807, 2.05) is 11.8 Å². The molecule has 6 heteroatoms. The number of rotatable bonds is 2. The number of hydrogen-bond donors (Lipinski definition) is 0. The van der Waals surface area contributed by atoms with Crippen LogP contribution in [0.25, 0.3) is 0 Å². The largest absolute Gasteiger partial charge is 0.459 e. The number of furan rings is 1. The van der Waals surface area contributed by atoms with Crippen LogP contribution < -0.4 is 4.90 Å². The number of anilines is 1. The maximum absolute atomic E-state index is 12.3. The zero-order chi connectivity index (χ0) is 15.8. The second kappa shape index (κ2) is 5.68. The fourth-order valence-corrected chi connectivity index (χ4v) is 3.47. The molecule has 6 nitrogen and oxygen atoms in total. The first-order valence-electron chi connectivity index (χ1n) is 8.16. The third-order valence-corrected chi connectivity index (χ3v) is 4.62. The molecule has 1 aliphatic heterocycles. The minimum absolute atomic E-state index is 0.0289. The fourth-order valence-electron chi connectivity index (χ4n) is 3.47. The van der Waals surface area contributed by atoms with E-state index in [4.69, 9.17) is 4.42 Å². The first kappa shape index (κ1) is 14.2. The highest BCUT2D eigenvalue weighted by molar-refractivity contribution is 5.91. The Morgan fingerprint density at radius 3 is 2.74 bits per heavy atom. The van der Waals surface area contributed by atoms with Crippen molar-refractivity contribution in [3.05, 3.63) is 41.2 Å². The molecule has 0 atom stereocenters. The molecule has 0 saturated carbocycles. The minimum Gasteiger partial charge on any atom is -0.459 e. The summed E-state index contributed by atoms with van der Waals surface area (Å²) in [4.78, 5) is 25.7. The van der Waals surface area contributed by atoms with E-state index in [1.165, 1.54) is 17.5 Å². The van der Waals surface area contributed by atoms with Crippen molar-refractivity contribution in [3.63, 3.8) is 0 Å². The van der Waals surface area contributed by atoms with Crippen molar-refractivity contribution in [2.45, 2.75) is 26.2 Å². The zero-order valence-corrected chi connectivity index (χ0v) is 13.3. The summed E-state index contributed by atoms with van der Waals surface area (Å²) >= 11 is 0. The highest BCUT2D eigenvalue weighted by Gasteiger charge is 2.27. The molecule has 2 aromatic heterocycles. The van der Waals surface area contributed by atoms with Crippen LogP contribution in [0.1, 0.15) is 34.1 Å². The maximum atomic E-state index is 12.3. The molecule has 2 aromatic rings. The molecule has 1 aliphatic carbocycles. The molecule has 0 N–H and O–H groups in total. The molecule has 0 radical (unpaired) electrons. The highest BCUT2D eigenvalue weighted by Crippen LogP contribution is 2.29. The van der Waals surface area contributed by atoms with Crippen molar-refractivity contribution < 1.29 is 9.21 Å². The molecule has 1 fully saturated rings. The lowest BCUT2D eigenvalue weighted by Gasteiger charge is -2.35. The van der Waals surface area contributed by atoms with Crippen molar-refractivity contribution in [1.29, 1.82) is 0 Å². The van der Waals surface area contributed by atoms with Gasteiger partial charge >= 0.3 is 0 Å². The molecule has 23 heavy (non-hydrogen) atoms. The smallest absolute Gasteiger partial charge is 0.289 e. The van der Waals surface area contributed by atoms with Crippen molar-refractivity contribution in [1.82, 2.24) is 14.9 Å². The van der Waals surface area contributed by atoms with Gasteiger partial charge in [-0.15, -0.1) is 0 Å². The van der Waals surface area contributed by atoms with E-state index >= 15 is 0 Å². The Hall–Kier alpha value is -2.37. The number of piperazine rings is 1. The van der Waals surface area contributed by atoms with Gasteiger partial charge in [-0.2, -0.15) is 0 Å². The van der Waals surface area contributed by atoms with Gasteiger partial charge in [-0.05, 0) is 38.3 Å². The van der Waals surface area contributed by atoms with Crippen LogP contribution in [0.15, 0.2) is 22.8 Å². The summed E-state index contributed by atoms with van der Waals surface area (Å²) < 4.78 is 5.21. The lowest BCUT2D eigenvalue weighted by molar-refractivity contribution is 0.0714. The zero-order valence-electron chi connectivity index (χ0n) is 13.3. The molecule has 0 bridgehead atoms. The predicted molar refractivity (Wildman–Crippen MR) is 85.6 cm³/mol. The number of carbonyl (C=O) groups excluding carboxylic acids is 1. The third-order valence-electron chi connectivity index (χ3n) is 4.62. The summed E-state index contributed by atoms with van der Waals surface area (Å²) in [7, 11) is 0. The number of aryl methyl sites for hydroxylation is 2. The lowest BCUT2D eigenvalue weighted by atomic mass is 10.2. The van der Waals surface area contributed by atoms with Gasteiger partial charge in [-0.3, -0.25) is 4.79 Å². The van der Waals surface area contributed by atoms with Gasteiger partial charge in [0.25, 0.3) is 5.91 Å². The summed E-state index contributed by atoms with van der Waals surface area (Å²) in [5.41, 5.74) is 2.52. The van der Waals surface area contributed by atoms with Crippen molar-refractivity contribution in [2.24, 2.45) is 0 Å². The van der Waals surface area contributed by atoms with E-state index in [2.05, 4.69) is 14.9 Å². The number of amides is 1. The number of aromatic nitrogens is 2. The van der Waals surface area contributed by atoms with E-state index < -0.39 is 0 Å². The topological polar surface area (TPSA) is 62.5 Å². The Morgan fingerprint density at radius 2 is 2.00 bits per heavy atom. The molecule has 0 spiro atoms. The molecular weight excluding hydrogens is 292 g/mol. The van der Waals surface area contributed by atoms with E-state index in [9.17, 15) is 4.79 Å². The normalized spacial score (nSPS) is 17.4. The summed E-state index contributed by atoms with van der Waals surface area (Å²) in [6.45, 7) is 4.94. The quantitative estimate of drug-likeness (QED) is 0.846. The molecule has 3 heterocycles. The molecule has 1 saturated heterocycles. The first-order valence-corrected chi connectivity index (χ1v) is 8.16. The van der Waals surface area contributed by atoms with E-state index in [0.717, 1.165) is 44.0 Å². The average Bonchev–Trinajstić information content (AvgIpc) is 3.25. The standard InChI is InChI=1S/C17H20N4O2/c1-12-18-14-5-2-4-13(14)16(19-12)20-7-9-21(10-8-20)17(22)15-6-3-11-23-15/h3,6,11H,2,4-5,7-10H2,1H3. The molecule has 0 unspecified atom stereocenters. The van der Waals surface area contributed by atoms with Crippen LogP contribution in [-0.2, 0) is 12.8 Å². The Bertz CT molecular complexity index is 718. The molecule has 1 amide bonds. The van der Waals surface area contributed by atoms with Gasteiger partial charge in [-0.1, -0.05) is 0 Å². The van der Waals surface area contributed by atoms with Crippen LogP contribution in [0.4, 0.5) is 5.82 Å². The van der Waals surface area contributed by atoms with Crippen molar-refractivity contribution >= 4 is 11.7 Å². The van der Waals surface area contributed by atoms with Crippen LogP contribution >= 0.6 is 0 Å². The monoisotopic (exact) mass is 312 g/mol. The maximum Gasteiger partial charge on any atom is 0.289 e. The summed E-state index contributed by atoms with van der Waals surface area (Å²) in [5, 5.41) is 0. The number of fused-ring (bicyclic) bond motifs is 1. The van der Waals surface area contributed by atoms with Gasteiger partial charge in [0, 0.05) is 37.4 Å². The Balaban J connectivity index is 1.49. The van der Waals surface area contributed by atoms with Gasteiger partial charge in [0.1, 0.15) is 11.6 Å². The van der Waals surface area contributed by atoms with E-state index in [0.29, 0.717) is 18.8 Å². The number of nitrogens with zero attached hydrogens (tertiary/aromatic N) is 4. The summed E-state index contributed by atoms with van der Waals surface area (Å²) in [6, 6.07) is 3.46. The molecular formula is C17H20N4O2. The van der Waals surface area contributed by atoms with Gasteiger partial charge in [0.15, 0.2) is 5.76 Å². The third kappa shape index (κ3) is 2.58. The highest BCUT2D eigenvalue weighted by atomic mass is 16.3. The van der Waals surface area contributed by atoms with Crippen LogP contribution in [0.2, 0.25) is 0 Å². The fraction of sp³-hybridized carbons (Fsp3) is 0.471. The van der Waals surface area contributed by atoms with Gasteiger partial charge in [-0.25, -0.2) is 9.97 Å².